The zero-order valence-corrected chi connectivity index (χ0v) is 10.5. The monoisotopic (exact) mass is 229 g/mol. The smallest absolute Gasteiger partial charge is 0.0651 e. The molecular weight excluding hydrogens is 210 g/mol. The van der Waals surface area contributed by atoms with Crippen LogP contribution in [0.2, 0.25) is 0 Å². The second kappa shape index (κ2) is 5.15. The molecule has 0 aliphatic rings. The predicted molar refractivity (Wildman–Crippen MR) is 70.2 cm³/mol. The van der Waals surface area contributed by atoms with Crippen molar-refractivity contribution in [3.8, 4) is 5.69 Å². The molecule has 1 heterocycles. The molecule has 90 valence electrons. The third-order valence-electron chi connectivity index (χ3n) is 2.91. The number of aromatic nitrogens is 2. The molecule has 0 aliphatic carbocycles. The van der Waals surface area contributed by atoms with Crippen LogP contribution in [0.3, 0.4) is 0 Å². The van der Waals surface area contributed by atoms with Gasteiger partial charge in [0, 0.05) is 17.8 Å². The molecular formula is C14H19N3. The van der Waals surface area contributed by atoms with Crippen molar-refractivity contribution in [2.24, 2.45) is 5.73 Å². The Morgan fingerprint density at radius 2 is 2.18 bits per heavy atom. The molecule has 0 spiro atoms. The number of nitrogens with zero attached hydrogens (tertiary/aromatic N) is 2. The minimum Gasteiger partial charge on any atom is -0.326 e. The molecule has 0 aliphatic heterocycles. The van der Waals surface area contributed by atoms with Crippen molar-refractivity contribution in [3.05, 3.63) is 47.3 Å². The Bertz CT molecular complexity index is 500. The molecule has 2 N–H and O–H groups in total. The summed E-state index contributed by atoms with van der Waals surface area (Å²) in [4.78, 5) is 0. The van der Waals surface area contributed by atoms with E-state index in [-0.39, 0.29) is 0 Å². The highest BCUT2D eigenvalue weighted by molar-refractivity contribution is 5.38. The number of rotatable bonds is 4. The predicted octanol–water partition coefficient (Wildman–Crippen LogP) is 2.59. The second-order valence-corrected chi connectivity index (χ2v) is 4.32. The summed E-state index contributed by atoms with van der Waals surface area (Å²) in [6.45, 7) is 4.82. The summed E-state index contributed by atoms with van der Waals surface area (Å²) < 4.78 is 2.01. The summed E-state index contributed by atoms with van der Waals surface area (Å²) in [6, 6.07) is 8.38. The van der Waals surface area contributed by atoms with Crippen molar-refractivity contribution >= 4 is 0 Å². The van der Waals surface area contributed by atoms with E-state index in [1.807, 2.05) is 10.9 Å². The maximum atomic E-state index is 5.75. The first-order valence-corrected chi connectivity index (χ1v) is 6.09. The van der Waals surface area contributed by atoms with Gasteiger partial charge in [0.1, 0.15) is 0 Å². The molecule has 1 aromatic carbocycles. The van der Waals surface area contributed by atoms with Gasteiger partial charge >= 0.3 is 0 Å². The molecule has 0 unspecified atom stereocenters. The van der Waals surface area contributed by atoms with Crippen molar-refractivity contribution < 1.29 is 0 Å². The van der Waals surface area contributed by atoms with Crippen LogP contribution in [0.15, 0.2) is 30.5 Å². The summed E-state index contributed by atoms with van der Waals surface area (Å²) in [5.74, 6) is 0. The Balaban J connectivity index is 2.47. The van der Waals surface area contributed by atoms with Crippen molar-refractivity contribution in [1.82, 2.24) is 9.78 Å². The van der Waals surface area contributed by atoms with E-state index in [1.165, 1.54) is 11.3 Å². The van der Waals surface area contributed by atoms with Gasteiger partial charge in [-0.25, -0.2) is 4.68 Å². The molecule has 3 nitrogen and oxygen atoms in total. The molecule has 0 fully saturated rings. The summed E-state index contributed by atoms with van der Waals surface area (Å²) in [5.41, 5.74) is 10.5. The van der Waals surface area contributed by atoms with Gasteiger partial charge in [-0.2, -0.15) is 5.10 Å². The minimum absolute atomic E-state index is 0.557. The average Bonchev–Trinajstić information content (AvgIpc) is 2.72. The molecule has 3 heteroatoms. The molecule has 2 rings (SSSR count). The first-order chi connectivity index (χ1) is 8.26. The van der Waals surface area contributed by atoms with E-state index < -0.39 is 0 Å². The zero-order chi connectivity index (χ0) is 12.3. The molecule has 1 aromatic heterocycles. The minimum atomic E-state index is 0.557. The number of hydrogen-bond donors (Lipinski definition) is 1. The van der Waals surface area contributed by atoms with Crippen LogP contribution in [0.5, 0.6) is 0 Å². The van der Waals surface area contributed by atoms with Gasteiger partial charge in [-0.05, 0) is 31.0 Å². The Labute approximate surface area is 102 Å². The molecule has 0 amide bonds. The van der Waals surface area contributed by atoms with E-state index in [2.05, 4.69) is 43.2 Å². The van der Waals surface area contributed by atoms with Crippen LogP contribution in [-0.4, -0.2) is 9.78 Å². The van der Waals surface area contributed by atoms with Crippen LogP contribution in [-0.2, 0) is 13.0 Å². The lowest BCUT2D eigenvalue weighted by Crippen LogP contribution is -2.06. The van der Waals surface area contributed by atoms with Crippen LogP contribution in [0.1, 0.15) is 30.2 Å². The SMILES string of the molecule is CCCc1c(CN)cnn1-c1cccc(C)c1. The van der Waals surface area contributed by atoms with Gasteiger partial charge < -0.3 is 5.73 Å². The Morgan fingerprint density at radius 1 is 1.35 bits per heavy atom. The topological polar surface area (TPSA) is 43.8 Å². The number of aryl methyl sites for hydroxylation is 1. The lowest BCUT2D eigenvalue weighted by atomic mass is 10.1. The van der Waals surface area contributed by atoms with Gasteiger partial charge in [0.2, 0.25) is 0 Å². The normalized spacial score (nSPS) is 10.8. The lowest BCUT2D eigenvalue weighted by Gasteiger charge is -2.09. The van der Waals surface area contributed by atoms with Crippen molar-refractivity contribution in [3.63, 3.8) is 0 Å². The van der Waals surface area contributed by atoms with Crippen LogP contribution < -0.4 is 5.73 Å². The molecule has 0 atom stereocenters. The second-order valence-electron chi connectivity index (χ2n) is 4.32. The summed E-state index contributed by atoms with van der Waals surface area (Å²) in [5, 5.41) is 4.45. The number of benzene rings is 1. The third kappa shape index (κ3) is 2.39. The molecule has 0 saturated carbocycles. The van der Waals surface area contributed by atoms with Gasteiger partial charge in [0.25, 0.3) is 0 Å². The zero-order valence-electron chi connectivity index (χ0n) is 10.5. The van der Waals surface area contributed by atoms with Gasteiger partial charge in [0.15, 0.2) is 0 Å². The van der Waals surface area contributed by atoms with Crippen molar-refractivity contribution in [1.29, 1.82) is 0 Å². The third-order valence-corrected chi connectivity index (χ3v) is 2.91. The highest BCUT2D eigenvalue weighted by Crippen LogP contribution is 2.17. The fourth-order valence-electron chi connectivity index (χ4n) is 2.06. The first-order valence-electron chi connectivity index (χ1n) is 6.09. The average molecular weight is 229 g/mol. The van der Waals surface area contributed by atoms with Crippen LogP contribution >= 0.6 is 0 Å². The van der Waals surface area contributed by atoms with Gasteiger partial charge in [-0.3, -0.25) is 0 Å². The van der Waals surface area contributed by atoms with Gasteiger partial charge in [-0.1, -0.05) is 25.5 Å². The Hall–Kier alpha value is -1.61. The molecule has 17 heavy (non-hydrogen) atoms. The van der Waals surface area contributed by atoms with E-state index in [0.717, 1.165) is 24.1 Å². The largest absolute Gasteiger partial charge is 0.326 e. The van der Waals surface area contributed by atoms with E-state index >= 15 is 0 Å². The summed E-state index contributed by atoms with van der Waals surface area (Å²) in [6.07, 6.45) is 4.00. The molecule has 2 aromatic rings. The summed E-state index contributed by atoms with van der Waals surface area (Å²) >= 11 is 0. The lowest BCUT2D eigenvalue weighted by molar-refractivity contribution is 0.767. The van der Waals surface area contributed by atoms with Gasteiger partial charge in [0.05, 0.1) is 11.9 Å². The summed E-state index contributed by atoms with van der Waals surface area (Å²) in [7, 11) is 0. The highest BCUT2D eigenvalue weighted by Gasteiger charge is 2.10. The van der Waals surface area contributed by atoms with Crippen molar-refractivity contribution in [2.45, 2.75) is 33.2 Å². The molecule has 0 bridgehead atoms. The number of nitrogens with two attached hydrogens (primary N) is 1. The maximum absolute atomic E-state index is 5.75. The number of hydrogen-bond acceptors (Lipinski definition) is 2. The highest BCUT2D eigenvalue weighted by atomic mass is 15.3. The molecule has 0 radical (unpaired) electrons. The fourth-order valence-corrected chi connectivity index (χ4v) is 2.06. The van der Waals surface area contributed by atoms with Crippen LogP contribution in [0, 0.1) is 6.92 Å². The standard InChI is InChI=1S/C14H19N3/c1-3-5-14-12(9-15)10-16-17(14)13-7-4-6-11(2)8-13/h4,6-8,10H,3,5,9,15H2,1-2H3. The molecule has 0 saturated heterocycles. The van der Waals surface area contributed by atoms with Crippen molar-refractivity contribution in [2.75, 3.05) is 0 Å². The van der Waals surface area contributed by atoms with Crippen LogP contribution in [0.25, 0.3) is 5.69 Å². The fraction of sp³-hybridized carbons (Fsp3) is 0.357. The van der Waals surface area contributed by atoms with E-state index in [9.17, 15) is 0 Å². The van der Waals surface area contributed by atoms with E-state index in [0.29, 0.717) is 6.54 Å². The first kappa shape index (κ1) is 11.9. The Morgan fingerprint density at radius 3 is 2.82 bits per heavy atom. The van der Waals surface area contributed by atoms with Gasteiger partial charge in [-0.15, -0.1) is 0 Å². The quantitative estimate of drug-likeness (QED) is 0.875. The van der Waals surface area contributed by atoms with E-state index in [4.69, 9.17) is 5.73 Å². The van der Waals surface area contributed by atoms with Crippen LogP contribution in [0.4, 0.5) is 0 Å². The maximum Gasteiger partial charge on any atom is 0.0651 e. The van der Waals surface area contributed by atoms with E-state index in [1.54, 1.807) is 0 Å². The Kier molecular flexibility index (Phi) is 3.59.